The third kappa shape index (κ3) is 11.9. The van der Waals surface area contributed by atoms with Gasteiger partial charge in [0.1, 0.15) is 18.5 Å². The number of ether oxygens (including phenoxy) is 3. The first kappa shape index (κ1) is 21.9. The van der Waals surface area contributed by atoms with E-state index in [0.29, 0.717) is 39.3 Å². The Labute approximate surface area is 151 Å². The van der Waals surface area contributed by atoms with E-state index in [-0.39, 0.29) is 11.9 Å². The smallest absolute Gasteiger partial charge is 0.264 e. The number of hydrogen-bond acceptors (Lipinski definition) is 5. The molecule has 1 unspecified atom stereocenters. The van der Waals surface area contributed by atoms with Crippen molar-refractivity contribution in [1.29, 1.82) is 0 Å². The average Bonchev–Trinajstić information content (AvgIpc) is 2.56. The van der Waals surface area contributed by atoms with Crippen molar-refractivity contribution in [2.24, 2.45) is 0 Å². The summed E-state index contributed by atoms with van der Waals surface area (Å²) >= 11 is 0. The van der Waals surface area contributed by atoms with Crippen LogP contribution in [-0.4, -0.2) is 51.3 Å². The Morgan fingerprint density at radius 2 is 1.76 bits per heavy atom. The highest BCUT2D eigenvalue weighted by molar-refractivity contribution is 7.85. The molecule has 0 spiro atoms. The van der Waals surface area contributed by atoms with Crippen LogP contribution < -0.4 is 4.74 Å². The van der Waals surface area contributed by atoms with Crippen molar-refractivity contribution in [3.8, 4) is 5.75 Å². The number of benzene rings is 1. The second kappa shape index (κ2) is 12.2. The first-order chi connectivity index (χ1) is 11.9. The molecule has 25 heavy (non-hydrogen) atoms. The number of aryl methyl sites for hydroxylation is 1. The zero-order valence-corrected chi connectivity index (χ0v) is 16.0. The van der Waals surface area contributed by atoms with Gasteiger partial charge in [-0.05, 0) is 38.3 Å². The average molecular weight is 374 g/mol. The van der Waals surface area contributed by atoms with Crippen LogP contribution in [0.3, 0.4) is 0 Å². The monoisotopic (exact) mass is 374 g/mol. The molecule has 7 heteroatoms. The molecule has 1 aromatic carbocycles. The number of unbranched alkanes of at least 4 members (excludes halogenated alkanes) is 2. The van der Waals surface area contributed by atoms with Crippen molar-refractivity contribution in [1.82, 2.24) is 0 Å². The summed E-state index contributed by atoms with van der Waals surface area (Å²) in [6.45, 7) is 6.01. The van der Waals surface area contributed by atoms with Gasteiger partial charge < -0.3 is 14.2 Å². The molecule has 0 fully saturated rings. The Kier molecular flexibility index (Phi) is 10.7. The fraction of sp³-hybridized carbons (Fsp3) is 0.667. The zero-order valence-electron chi connectivity index (χ0n) is 15.1. The summed E-state index contributed by atoms with van der Waals surface area (Å²) in [6.07, 6.45) is 2.77. The van der Waals surface area contributed by atoms with E-state index in [9.17, 15) is 8.42 Å². The predicted molar refractivity (Wildman–Crippen MR) is 97.8 cm³/mol. The molecular weight excluding hydrogens is 344 g/mol. The molecule has 0 saturated heterocycles. The van der Waals surface area contributed by atoms with Gasteiger partial charge in [0.25, 0.3) is 10.1 Å². The lowest BCUT2D eigenvalue weighted by atomic mass is 10.2. The van der Waals surface area contributed by atoms with Crippen LogP contribution >= 0.6 is 0 Å². The van der Waals surface area contributed by atoms with Gasteiger partial charge in [0.2, 0.25) is 0 Å². The van der Waals surface area contributed by atoms with E-state index in [0.717, 1.165) is 18.6 Å². The van der Waals surface area contributed by atoms with Gasteiger partial charge in [-0.1, -0.05) is 31.0 Å². The third-order valence-electron chi connectivity index (χ3n) is 3.55. The first-order valence-electron chi connectivity index (χ1n) is 8.74. The maximum atomic E-state index is 10.7. The molecule has 0 bridgehead atoms. The molecule has 1 atom stereocenters. The third-order valence-corrected chi connectivity index (χ3v) is 4.36. The molecule has 1 aromatic rings. The lowest BCUT2D eigenvalue weighted by molar-refractivity contribution is -0.0384. The molecule has 0 aromatic heterocycles. The van der Waals surface area contributed by atoms with Crippen LogP contribution in [0, 0.1) is 6.92 Å². The van der Waals surface area contributed by atoms with E-state index in [4.69, 9.17) is 18.8 Å². The summed E-state index contributed by atoms with van der Waals surface area (Å²) in [6, 6.07) is 7.80. The highest BCUT2D eigenvalue weighted by Crippen LogP contribution is 2.12. The Balaban J connectivity index is 2.35. The first-order valence-corrected chi connectivity index (χ1v) is 10.4. The van der Waals surface area contributed by atoms with E-state index in [1.54, 1.807) is 0 Å². The topological polar surface area (TPSA) is 82.1 Å². The Morgan fingerprint density at radius 1 is 1.04 bits per heavy atom. The van der Waals surface area contributed by atoms with Gasteiger partial charge in [-0.25, -0.2) is 0 Å². The van der Waals surface area contributed by atoms with Gasteiger partial charge in [0.05, 0.1) is 12.4 Å². The van der Waals surface area contributed by atoms with Gasteiger partial charge in [0, 0.05) is 13.2 Å². The predicted octanol–water partition coefficient (Wildman–Crippen LogP) is 3.24. The maximum absolute atomic E-state index is 10.7. The van der Waals surface area contributed by atoms with Crippen LogP contribution in [0.1, 0.15) is 38.2 Å². The molecule has 0 heterocycles. The van der Waals surface area contributed by atoms with Gasteiger partial charge in [-0.3, -0.25) is 4.55 Å². The molecule has 0 radical (unpaired) electrons. The molecule has 0 saturated carbocycles. The van der Waals surface area contributed by atoms with Gasteiger partial charge in [-0.15, -0.1) is 0 Å². The van der Waals surface area contributed by atoms with Crippen LogP contribution in [0.4, 0.5) is 0 Å². The molecular formula is C18H30O6S. The van der Waals surface area contributed by atoms with Gasteiger partial charge in [-0.2, -0.15) is 8.42 Å². The minimum Gasteiger partial charge on any atom is -0.491 e. The van der Waals surface area contributed by atoms with Crippen LogP contribution in [0.25, 0.3) is 0 Å². The minimum atomic E-state index is -3.90. The van der Waals surface area contributed by atoms with Crippen molar-refractivity contribution >= 4 is 10.1 Å². The molecule has 0 aliphatic carbocycles. The quantitative estimate of drug-likeness (QED) is 0.398. The van der Waals surface area contributed by atoms with Crippen molar-refractivity contribution in [2.45, 2.75) is 45.6 Å². The largest absolute Gasteiger partial charge is 0.491 e. The minimum absolute atomic E-state index is 0.219. The van der Waals surface area contributed by atoms with E-state index < -0.39 is 10.1 Å². The standard InChI is InChI=1S/C18H30O6S/c1-3-4-11-22-14-18(23-12-5-6-13-25(19,20)21)15-24-17-9-7-16(2)8-10-17/h7-10,18H,3-6,11-15H2,1-2H3,(H,19,20,21). The summed E-state index contributed by atoms with van der Waals surface area (Å²) < 4.78 is 47.2. The molecule has 1 N–H and O–H groups in total. The Bertz CT molecular complexity index is 555. The zero-order chi connectivity index (χ0) is 18.5. The van der Waals surface area contributed by atoms with E-state index in [2.05, 4.69) is 6.92 Å². The second-order valence-corrected chi connectivity index (χ2v) is 7.61. The Morgan fingerprint density at radius 3 is 2.40 bits per heavy atom. The summed E-state index contributed by atoms with van der Waals surface area (Å²) in [5.74, 6) is 0.535. The van der Waals surface area contributed by atoms with Crippen LogP contribution in [0.15, 0.2) is 24.3 Å². The van der Waals surface area contributed by atoms with Crippen molar-refractivity contribution < 1.29 is 27.2 Å². The fourth-order valence-corrected chi connectivity index (χ4v) is 2.63. The molecule has 0 aliphatic rings. The lowest BCUT2D eigenvalue weighted by Crippen LogP contribution is -2.28. The highest BCUT2D eigenvalue weighted by Gasteiger charge is 2.12. The van der Waals surface area contributed by atoms with Crippen LogP contribution in [-0.2, 0) is 19.6 Å². The SMILES string of the molecule is CCCCOCC(COc1ccc(C)cc1)OCCCCS(=O)(=O)O. The lowest BCUT2D eigenvalue weighted by Gasteiger charge is -2.19. The Hall–Kier alpha value is -1.15. The second-order valence-electron chi connectivity index (χ2n) is 6.04. The van der Waals surface area contributed by atoms with Crippen LogP contribution in [0.2, 0.25) is 0 Å². The summed E-state index contributed by atoms with van der Waals surface area (Å²) in [5, 5.41) is 0. The fourth-order valence-electron chi connectivity index (χ4n) is 2.07. The summed E-state index contributed by atoms with van der Waals surface area (Å²) in [7, 11) is -3.90. The van der Waals surface area contributed by atoms with E-state index >= 15 is 0 Å². The molecule has 1 rings (SSSR count). The maximum Gasteiger partial charge on any atom is 0.264 e. The highest BCUT2D eigenvalue weighted by atomic mass is 32.2. The number of hydrogen-bond donors (Lipinski definition) is 1. The molecule has 144 valence electrons. The van der Waals surface area contributed by atoms with Crippen molar-refractivity contribution in [2.75, 3.05) is 32.2 Å². The molecule has 0 amide bonds. The van der Waals surface area contributed by atoms with E-state index in [1.165, 1.54) is 5.56 Å². The van der Waals surface area contributed by atoms with Gasteiger partial charge in [0.15, 0.2) is 0 Å². The van der Waals surface area contributed by atoms with Gasteiger partial charge >= 0.3 is 0 Å². The van der Waals surface area contributed by atoms with Crippen LogP contribution in [0.5, 0.6) is 5.75 Å². The molecule has 0 aliphatic heterocycles. The molecule has 6 nitrogen and oxygen atoms in total. The van der Waals surface area contributed by atoms with E-state index in [1.807, 2.05) is 31.2 Å². The number of rotatable bonds is 14. The van der Waals surface area contributed by atoms with Crippen molar-refractivity contribution in [3.05, 3.63) is 29.8 Å². The summed E-state index contributed by atoms with van der Waals surface area (Å²) in [5.41, 5.74) is 1.17. The normalized spacial score (nSPS) is 12.9. The van der Waals surface area contributed by atoms with Crippen molar-refractivity contribution in [3.63, 3.8) is 0 Å². The summed E-state index contributed by atoms with van der Waals surface area (Å²) in [4.78, 5) is 0.